The molecule has 14 heavy (non-hydrogen) atoms. The van der Waals surface area contributed by atoms with Crippen LogP contribution in [0.25, 0.3) is 0 Å². The molecule has 1 aliphatic heterocycles. The highest BCUT2D eigenvalue weighted by Crippen LogP contribution is 2.31. The van der Waals surface area contributed by atoms with Crippen LogP contribution in [0, 0.1) is 17.8 Å². The van der Waals surface area contributed by atoms with Gasteiger partial charge in [-0.1, -0.05) is 13.3 Å². The topological polar surface area (TPSA) is 29.3 Å². The van der Waals surface area contributed by atoms with Crippen LogP contribution in [0.2, 0.25) is 0 Å². The minimum absolute atomic E-state index is 0.786. The Morgan fingerprint density at radius 2 is 2.07 bits per heavy atom. The molecule has 1 aliphatic carbocycles. The first-order valence-electron chi connectivity index (χ1n) is 6.20. The number of nitrogens with zero attached hydrogens (tertiary/aromatic N) is 1. The number of nitrogens with two attached hydrogens (primary N) is 1. The summed E-state index contributed by atoms with van der Waals surface area (Å²) in [6.07, 6.45) is 5.71. The van der Waals surface area contributed by atoms with Gasteiger partial charge in [-0.2, -0.15) is 0 Å². The lowest BCUT2D eigenvalue weighted by Crippen LogP contribution is -2.27. The highest BCUT2D eigenvalue weighted by atomic mass is 15.1. The van der Waals surface area contributed by atoms with Crippen molar-refractivity contribution in [3.8, 4) is 0 Å². The van der Waals surface area contributed by atoms with Gasteiger partial charge in [-0.15, -0.1) is 0 Å². The first-order valence-corrected chi connectivity index (χ1v) is 6.20. The van der Waals surface area contributed by atoms with E-state index in [1.807, 2.05) is 0 Å². The van der Waals surface area contributed by atoms with Crippen LogP contribution in [0.5, 0.6) is 0 Å². The van der Waals surface area contributed by atoms with Crippen LogP contribution in [0.15, 0.2) is 0 Å². The summed E-state index contributed by atoms with van der Waals surface area (Å²) in [6.45, 7) is 7.19. The molecule has 1 saturated carbocycles. The Hall–Kier alpha value is -0.0800. The third-order valence-corrected chi connectivity index (χ3v) is 4.02. The van der Waals surface area contributed by atoms with E-state index in [-0.39, 0.29) is 0 Å². The van der Waals surface area contributed by atoms with Gasteiger partial charge in [0.1, 0.15) is 0 Å². The van der Waals surface area contributed by atoms with E-state index in [1.165, 1.54) is 45.3 Å². The van der Waals surface area contributed by atoms with Crippen molar-refractivity contribution in [2.45, 2.75) is 32.6 Å². The van der Waals surface area contributed by atoms with Crippen molar-refractivity contribution in [1.82, 2.24) is 4.90 Å². The van der Waals surface area contributed by atoms with Gasteiger partial charge in [0.15, 0.2) is 0 Å². The summed E-state index contributed by atoms with van der Waals surface area (Å²) < 4.78 is 0. The standard InChI is InChI=1S/C12H24N2/c1-10-2-3-11(6-10)8-14-5-4-12(7-13)9-14/h10-12H,2-9,13H2,1H3. The lowest BCUT2D eigenvalue weighted by Gasteiger charge is -2.20. The van der Waals surface area contributed by atoms with Gasteiger partial charge in [-0.05, 0) is 50.1 Å². The van der Waals surface area contributed by atoms with Crippen molar-refractivity contribution >= 4 is 0 Å². The van der Waals surface area contributed by atoms with Crippen LogP contribution in [0.1, 0.15) is 32.6 Å². The van der Waals surface area contributed by atoms with Gasteiger partial charge in [0.2, 0.25) is 0 Å². The van der Waals surface area contributed by atoms with E-state index in [4.69, 9.17) is 5.73 Å². The highest BCUT2D eigenvalue weighted by molar-refractivity contribution is 4.81. The van der Waals surface area contributed by atoms with E-state index >= 15 is 0 Å². The fourth-order valence-corrected chi connectivity index (χ4v) is 3.13. The van der Waals surface area contributed by atoms with Crippen molar-refractivity contribution in [2.24, 2.45) is 23.5 Å². The molecular weight excluding hydrogens is 172 g/mol. The zero-order valence-corrected chi connectivity index (χ0v) is 9.41. The smallest absolute Gasteiger partial charge is 0.00223 e. The molecule has 2 N–H and O–H groups in total. The van der Waals surface area contributed by atoms with Gasteiger partial charge < -0.3 is 10.6 Å². The molecule has 1 heterocycles. The van der Waals surface area contributed by atoms with Crippen molar-refractivity contribution < 1.29 is 0 Å². The summed E-state index contributed by atoms with van der Waals surface area (Å²) in [6, 6.07) is 0. The first kappa shape index (κ1) is 10.4. The SMILES string of the molecule is CC1CCC(CN2CCC(CN)C2)C1. The Morgan fingerprint density at radius 3 is 2.64 bits per heavy atom. The van der Waals surface area contributed by atoms with Crippen LogP contribution in [-0.4, -0.2) is 31.1 Å². The summed E-state index contributed by atoms with van der Waals surface area (Å²) in [4.78, 5) is 2.64. The van der Waals surface area contributed by atoms with E-state index in [0.29, 0.717) is 0 Å². The van der Waals surface area contributed by atoms with Crippen molar-refractivity contribution in [3.05, 3.63) is 0 Å². The molecule has 3 unspecified atom stereocenters. The fourth-order valence-electron chi connectivity index (χ4n) is 3.13. The summed E-state index contributed by atoms with van der Waals surface area (Å²) in [5, 5.41) is 0. The molecule has 2 fully saturated rings. The second-order valence-corrected chi connectivity index (χ2v) is 5.43. The fraction of sp³-hybridized carbons (Fsp3) is 1.00. The van der Waals surface area contributed by atoms with Gasteiger partial charge in [0.05, 0.1) is 0 Å². The van der Waals surface area contributed by atoms with Gasteiger partial charge in [0, 0.05) is 13.1 Å². The monoisotopic (exact) mass is 196 g/mol. The summed E-state index contributed by atoms with van der Waals surface area (Å²) in [7, 11) is 0. The average molecular weight is 196 g/mol. The van der Waals surface area contributed by atoms with Gasteiger partial charge >= 0.3 is 0 Å². The molecule has 0 amide bonds. The molecule has 2 aliphatic rings. The van der Waals surface area contributed by atoms with Crippen LogP contribution in [0.3, 0.4) is 0 Å². The Labute approximate surface area is 87.8 Å². The van der Waals surface area contributed by atoms with E-state index in [2.05, 4.69) is 11.8 Å². The largest absolute Gasteiger partial charge is 0.330 e. The van der Waals surface area contributed by atoms with Crippen LogP contribution in [0.4, 0.5) is 0 Å². The minimum atomic E-state index is 0.786. The summed E-state index contributed by atoms with van der Waals surface area (Å²) in [5.74, 6) is 2.75. The van der Waals surface area contributed by atoms with Crippen molar-refractivity contribution in [2.75, 3.05) is 26.2 Å². The highest BCUT2D eigenvalue weighted by Gasteiger charge is 2.27. The Morgan fingerprint density at radius 1 is 1.21 bits per heavy atom. The molecule has 1 saturated heterocycles. The average Bonchev–Trinajstić information content (AvgIpc) is 2.76. The van der Waals surface area contributed by atoms with Crippen LogP contribution in [-0.2, 0) is 0 Å². The maximum atomic E-state index is 5.70. The molecule has 2 rings (SSSR count). The van der Waals surface area contributed by atoms with Crippen LogP contribution < -0.4 is 5.73 Å². The molecule has 2 nitrogen and oxygen atoms in total. The van der Waals surface area contributed by atoms with Gasteiger partial charge in [-0.25, -0.2) is 0 Å². The number of hydrogen-bond acceptors (Lipinski definition) is 2. The molecule has 0 aromatic heterocycles. The van der Waals surface area contributed by atoms with Gasteiger partial charge in [0.25, 0.3) is 0 Å². The Balaban J connectivity index is 1.71. The van der Waals surface area contributed by atoms with E-state index in [0.717, 1.165) is 24.3 Å². The molecule has 0 aromatic carbocycles. The molecule has 3 atom stereocenters. The minimum Gasteiger partial charge on any atom is -0.330 e. The number of likely N-dealkylation sites (tertiary alicyclic amines) is 1. The summed E-state index contributed by atoms with van der Waals surface area (Å²) in [5.41, 5.74) is 5.70. The quantitative estimate of drug-likeness (QED) is 0.744. The molecule has 0 radical (unpaired) electrons. The molecule has 0 aromatic rings. The maximum absolute atomic E-state index is 5.70. The molecule has 0 bridgehead atoms. The van der Waals surface area contributed by atoms with E-state index in [1.54, 1.807) is 0 Å². The predicted molar refractivity (Wildman–Crippen MR) is 60.1 cm³/mol. The summed E-state index contributed by atoms with van der Waals surface area (Å²) >= 11 is 0. The second kappa shape index (κ2) is 4.63. The normalized spacial score (nSPS) is 39.4. The maximum Gasteiger partial charge on any atom is 0.00223 e. The van der Waals surface area contributed by atoms with E-state index < -0.39 is 0 Å². The third-order valence-electron chi connectivity index (χ3n) is 4.02. The zero-order chi connectivity index (χ0) is 9.97. The second-order valence-electron chi connectivity index (χ2n) is 5.43. The first-order chi connectivity index (χ1) is 6.78. The molecular formula is C12H24N2. The lowest BCUT2D eigenvalue weighted by molar-refractivity contribution is 0.268. The predicted octanol–water partition coefficient (Wildman–Crippen LogP) is 1.70. The van der Waals surface area contributed by atoms with Gasteiger partial charge in [-0.3, -0.25) is 0 Å². The van der Waals surface area contributed by atoms with Crippen molar-refractivity contribution in [3.63, 3.8) is 0 Å². The Bertz CT molecular complexity index is 181. The van der Waals surface area contributed by atoms with Crippen molar-refractivity contribution in [1.29, 1.82) is 0 Å². The molecule has 2 heteroatoms. The molecule has 82 valence electrons. The zero-order valence-electron chi connectivity index (χ0n) is 9.41. The number of rotatable bonds is 3. The lowest BCUT2D eigenvalue weighted by atomic mass is 10.1. The van der Waals surface area contributed by atoms with Crippen LogP contribution >= 0.6 is 0 Å². The third kappa shape index (κ3) is 2.48. The van der Waals surface area contributed by atoms with E-state index in [9.17, 15) is 0 Å². The number of hydrogen-bond donors (Lipinski definition) is 1. The Kier molecular flexibility index (Phi) is 3.45. The molecule has 0 spiro atoms.